The van der Waals surface area contributed by atoms with Crippen molar-refractivity contribution >= 4 is 29.2 Å². The highest BCUT2D eigenvalue weighted by atomic mass is 35.5. The van der Waals surface area contributed by atoms with E-state index in [1.165, 1.54) is 24.3 Å². The molecule has 0 aromatic heterocycles. The molecule has 0 radical (unpaired) electrons. The third-order valence-electron chi connectivity index (χ3n) is 3.97. The van der Waals surface area contributed by atoms with Crippen molar-refractivity contribution in [3.63, 3.8) is 0 Å². The zero-order chi connectivity index (χ0) is 20.1. The molecule has 148 valence electrons. The number of carbonyl (C=O) groups excluding carboxylic acids is 2. The summed E-state index contributed by atoms with van der Waals surface area (Å²) >= 11 is 5.95. The van der Waals surface area contributed by atoms with Gasteiger partial charge in [-0.1, -0.05) is 11.6 Å². The lowest BCUT2D eigenvalue weighted by Gasteiger charge is -2.24. The maximum absolute atomic E-state index is 12.2. The number of esters is 1. The Hall–Kier alpha value is -2.87. The molecule has 0 fully saturated rings. The molecule has 0 saturated heterocycles. The number of carbonyl (C=O) groups is 2. The predicted molar refractivity (Wildman–Crippen MR) is 96.8 cm³/mol. The predicted octanol–water partition coefficient (Wildman–Crippen LogP) is 3.67. The van der Waals surface area contributed by atoms with Crippen molar-refractivity contribution in [1.82, 2.24) is 0 Å². The minimum Gasteiger partial charge on any atom is -0.492 e. The summed E-state index contributed by atoms with van der Waals surface area (Å²) in [6, 6.07) is 10.5. The van der Waals surface area contributed by atoms with Crippen LogP contribution in [0.5, 0.6) is 11.5 Å². The molecule has 1 amide bonds. The SMILES string of the molecule is O=C(COC(=O)[C@H]1COc2ccc(Cl)cc2C1)Nc1ccc(OC(F)F)cc1. The van der Waals surface area contributed by atoms with Crippen LogP contribution in [0.1, 0.15) is 5.56 Å². The Kier molecular flexibility index (Phi) is 6.30. The van der Waals surface area contributed by atoms with Crippen LogP contribution in [0.2, 0.25) is 5.02 Å². The van der Waals surface area contributed by atoms with E-state index in [9.17, 15) is 18.4 Å². The van der Waals surface area contributed by atoms with Crippen LogP contribution < -0.4 is 14.8 Å². The standard InChI is InChI=1S/C19H16ClF2NO5/c20-13-1-6-16-11(8-13)7-12(9-26-16)18(25)27-10-17(24)23-14-2-4-15(5-3-14)28-19(21)22/h1-6,8,12,19H,7,9-10H2,(H,23,24)/t12-/m1/s1. The van der Waals surface area contributed by atoms with Crippen molar-refractivity contribution in [1.29, 1.82) is 0 Å². The van der Waals surface area contributed by atoms with Crippen LogP contribution in [0, 0.1) is 5.92 Å². The number of benzene rings is 2. The van der Waals surface area contributed by atoms with Gasteiger partial charge in [-0.25, -0.2) is 0 Å². The van der Waals surface area contributed by atoms with E-state index >= 15 is 0 Å². The first-order valence-corrected chi connectivity index (χ1v) is 8.71. The summed E-state index contributed by atoms with van der Waals surface area (Å²) in [5, 5.41) is 3.04. The fourth-order valence-electron chi connectivity index (χ4n) is 2.69. The van der Waals surface area contributed by atoms with Gasteiger partial charge in [0.15, 0.2) is 6.61 Å². The van der Waals surface area contributed by atoms with Crippen LogP contribution >= 0.6 is 11.6 Å². The molecular weight excluding hydrogens is 396 g/mol. The number of rotatable bonds is 6. The Labute approximate surface area is 164 Å². The van der Waals surface area contributed by atoms with E-state index in [1.54, 1.807) is 18.2 Å². The minimum atomic E-state index is -2.92. The van der Waals surface area contributed by atoms with Crippen LogP contribution in [0.3, 0.4) is 0 Å². The number of alkyl halides is 2. The smallest absolute Gasteiger partial charge is 0.387 e. The van der Waals surface area contributed by atoms with E-state index in [0.717, 1.165) is 5.56 Å². The van der Waals surface area contributed by atoms with E-state index in [-0.39, 0.29) is 12.4 Å². The monoisotopic (exact) mass is 411 g/mol. The molecular formula is C19H16ClF2NO5. The number of amides is 1. The van der Waals surface area contributed by atoms with E-state index in [4.69, 9.17) is 21.1 Å². The highest BCUT2D eigenvalue weighted by Crippen LogP contribution is 2.30. The molecule has 0 bridgehead atoms. The molecule has 9 heteroatoms. The fraction of sp³-hybridized carbons (Fsp3) is 0.263. The summed E-state index contributed by atoms with van der Waals surface area (Å²) in [6.45, 7) is -3.25. The fourth-order valence-corrected chi connectivity index (χ4v) is 2.88. The number of hydrogen-bond donors (Lipinski definition) is 1. The zero-order valence-electron chi connectivity index (χ0n) is 14.5. The van der Waals surface area contributed by atoms with Gasteiger partial charge in [-0.15, -0.1) is 0 Å². The number of ether oxygens (including phenoxy) is 3. The molecule has 1 N–H and O–H groups in total. The van der Waals surface area contributed by atoms with Crippen molar-refractivity contribution in [2.45, 2.75) is 13.0 Å². The molecule has 6 nitrogen and oxygen atoms in total. The number of anilines is 1. The van der Waals surface area contributed by atoms with Crippen LogP contribution in [0.25, 0.3) is 0 Å². The van der Waals surface area contributed by atoms with Crippen LogP contribution in [-0.4, -0.2) is 31.7 Å². The Morgan fingerprint density at radius 3 is 2.68 bits per heavy atom. The van der Waals surface area contributed by atoms with E-state index in [0.29, 0.717) is 22.9 Å². The maximum atomic E-state index is 12.2. The highest BCUT2D eigenvalue weighted by Gasteiger charge is 2.28. The van der Waals surface area contributed by atoms with E-state index in [2.05, 4.69) is 10.1 Å². The number of nitrogens with one attached hydrogen (secondary N) is 1. The Bertz CT molecular complexity index is 860. The van der Waals surface area contributed by atoms with Crippen molar-refractivity contribution in [3.05, 3.63) is 53.1 Å². The van der Waals surface area contributed by atoms with Crippen molar-refractivity contribution in [2.24, 2.45) is 5.92 Å². The van der Waals surface area contributed by atoms with Gasteiger partial charge >= 0.3 is 12.6 Å². The Morgan fingerprint density at radius 2 is 1.96 bits per heavy atom. The summed E-state index contributed by atoms with van der Waals surface area (Å²) in [7, 11) is 0. The summed E-state index contributed by atoms with van der Waals surface area (Å²) in [5.74, 6) is -1.01. The van der Waals surface area contributed by atoms with Gasteiger partial charge in [0.05, 0.1) is 5.92 Å². The molecule has 3 rings (SSSR count). The third-order valence-corrected chi connectivity index (χ3v) is 4.21. The molecule has 1 heterocycles. The molecule has 1 aliphatic heterocycles. The lowest BCUT2D eigenvalue weighted by atomic mass is 9.97. The molecule has 0 saturated carbocycles. The van der Waals surface area contributed by atoms with Gasteiger partial charge in [0.25, 0.3) is 5.91 Å². The number of hydrogen-bond acceptors (Lipinski definition) is 5. The molecule has 0 aliphatic carbocycles. The van der Waals surface area contributed by atoms with Gasteiger partial charge < -0.3 is 19.5 Å². The summed E-state index contributed by atoms with van der Waals surface area (Å²) in [4.78, 5) is 24.1. The van der Waals surface area contributed by atoms with Crippen molar-refractivity contribution in [3.8, 4) is 11.5 Å². The summed E-state index contributed by atoms with van der Waals surface area (Å²) in [6.07, 6.45) is 0.405. The molecule has 2 aromatic rings. The highest BCUT2D eigenvalue weighted by molar-refractivity contribution is 6.30. The Morgan fingerprint density at radius 1 is 1.21 bits per heavy atom. The normalized spacial score (nSPS) is 15.4. The largest absolute Gasteiger partial charge is 0.492 e. The van der Waals surface area contributed by atoms with E-state index < -0.39 is 31.0 Å². The van der Waals surface area contributed by atoms with Crippen molar-refractivity contribution in [2.75, 3.05) is 18.5 Å². The lowest BCUT2D eigenvalue weighted by Crippen LogP contribution is -2.31. The first kappa shape index (κ1) is 19.9. The molecule has 0 spiro atoms. The van der Waals surface area contributed by atoms with Crippen molar-refractivity contribution < 1.29 is 32.6 Å². The summed E-state index contributed by atoms with van der Waals surface area (Å²) < 4.78 is 39.0. The number of halogens is 3. The summed E-state index contributed by atoms with van der Waals surface area (Å²) in [5.41, 5.74) is 1.16. The van der Waals surface area contributed by atoms with Gasteiger partial charge in [0.1, 0.15) is 18.1 Å². The van der Waals surface area contributed by atoms with Gasteiger partial charge in [-0.05, 0) is 54.4 Å². The second-order valence-electron chi connectivity index (χ2n) is 6.02. The maximum Gasteiger partial charge on any atom is 0.387 e. The number of fused-ring (bicyclic) bond motifs is 1. The third kappa shape index (κ3) is 5.32. The van der Waals surface area contributed by atoms with Gasteiger partial charge in [-0.3, -0.25) is 9.59 Å². The van der Waals surface area contributed by atoms with E-state index in [1.807, 2.05) is 0 Å². The average molecular weight is 412 g/mol. The second kappa shape index (κ2) is 8.88. The zero-order valence-corrected chi connectivity index (χ0v) is 15.2. The van der Waals surface area contributed by atoms with Crippen LogP contribution in [-0.2, 0) is 20.7 Å². The molecule has 28 heavy (non-hydrogen) atoms. The van der Waals surface area contributed by atoms with Gasteiger partial charge in [0.2, 0.25) is 0 Å². The second-order valence-corrected chi connectivity index (χ2v) is 6.46. The molecule has 1 atom stereocenters. The van der Waals surface area contributed by atoms with Crippen LogP contribution in [0.15, 0.2) is 42.5 Å². The first-order chi connectivity index (χ1) is 13.4. The molecule has 1 aliphatic rings. The quantitative estimate of drug-likeness (QED) is 0.734. The van der Waals surface area contributed by atoms with Gasteiger partial charge in [0, 0.05) is 10.7 Å². The lowest BCUT2D eigenvalue weighted by molar-refractivity contribution is -0.152. The minimum absolute atomic E-state index is 0.0305. The molecule has 2 aromatic carbocycles. The topological polar surface area (TPSA) is 73.9 Å². The molecule has 0 unspecified atom stereocenters. The van der Waals surface area contributed by atoms with Crippen LogP contribution in [0.4, 0.5) is 14.5 Å². The Balaban J connectivity index is 1.47. The first-order valence-electron chi connectivity index (χ1n) is 8.33. The average Bonchev–Trinajstić information content (AvgIpc) is 2.66. The van der Waals surface area contributed by atoms with Gasteiger partial charge in [-0.2, -0.15) is 8.78 Å².